The molecule has 0 radical (unpaired) electrons. The lowest BCUT2D eigenvalue weighted by Gasteiger charge is -2.33. The second-order valence-electron chi connectivity index (χ2n) is 9.34. The molecule has 11 nitrogen and oxygen atoms in total. The van der Waals surface area contributed by atoms with Crippen molar-refractivity contribution >= 4 is 38.8 Å². The summed E-state index contributed by atoms with van der Waals surface area (Å²) in [5, 5.41) is 11.5. The van der Waals surface area contributed by atoms with Crippen LogP contribution in [0.5, 0.6) is 0 Å². The number of carbonyl (C=O) groups excluding carboxylic acids is 2. The lowest BCUT2D eigenvalue weighted by molar-refractivity contribution is -0.122. The first-order chi connectivity index (χ1) is 18.2. The van der Waals surface area contributed by atoms with Crippen molar-refractivity contribution in [2.75, 3.05) is 26.7 Å². The molecular weight excluding hydrogens is 508 g/mol. The lowest BCUT2D eigenvalue weighted by Crippen LogP contribution is -2.51. The van der Waals surface area contributed by atoms with Gasteiger partial charge in [0.1, 0.15) is 6.04 Å². The fraction of sp³-hybridized carbons (Fsp3) is 0.346. The van der Waals surface area contributed by atoms with Crippen molar-refractivity contribution in [3.05, 3.63) is 65.9 Å². The van der Waals surface area contributed by atoms with Crippen molar-refractivity contribution < 1.29 is 22.7 Å². The SMILES string of the molecule is COC(=O)c1ccc(S(=O)(=O)NC(Cc2c[nH]c3ccccc23)C(=O)NC[C@H]2CCCN(C(=N)N)C2)cc1. The molecule has 1 aliphatic rings. The summed E-state index contributed by atoms with van der Waals surface area (Å²) in [5.41, 5.74) is 7.52. The Balaban J connectivity index is 1.53. The van der Waals surface area contributed by atoms with Crippen LogP contribution < -0.4 is 15.8 Å². The minimum absolute atomic E-state index is 0.00390. The van der Waals surface area contributed by atoms with E-state index in [4.69, 9.17) is 11.1 Å². The number of hydrogen-bond donors (Lipinski definition) is 5. The van der Waals surface area contributed by atoms with Gasteiger partial charge in [-0.25, -0.2) is 13.2 Å². The van der Waals surface area contributed by atoms with Crippen LogP contribution in [-0.4, -0.2) is 68.9 Å². The Kier molecular flexibility index (Phi) is 8.32. The average Bonchev–Trinajstić information content (AvgIpc) is 3.33. The molecule has 6 N–H and O–H groups in total. The number of para-hydroxylation sites is 1. The van der Waals surface area contributed by atoms with E-state index >= 15 is 0 Å². The van der Waals surface area contributed by atoms with Crippen molar-refractivity contribution in [1.82, 2.24) is 19.9 Å². The third-order valence-corrected chi connectivity index (χ3v) is 8.21. The fourth-order valence-corrected chi connectivity index (χ4v) is 5.87. The number of aromatic nitrogens is 1. The molecular formula is C26H32N6O5S. The fourth-order valence-electron chi connectivity index (χ4n) is 4.67. The molecule has 1 amide bonds. The Labute approximate surface area is 221 Å². The molecule has 2 heterocycles. The summed E-state index contributed by atoms with van der Waals surface area (Å²) in [6.07, 6.45) is 3.62. The predicted octanol–water partition coefficient (Wildman–Crippen LogP) is 1.57. The van der Waals surface area contributed by atoms with Gasteiger partial charge in [-0.2, -0.15) is 4.72 Å². The van der Waals surface area contributed by atoms with E-state index in [2.05, 4.69) is 19.8 Å². The molecule has 4 rings (SSSR count). The van der Waals surface area contributed by atoms with E-state index in [0.717, 1.165) is 29.3 Å². The number of nitrogens with two attached hydrogens (primary N) is 1. The molecule has 2 atom stereocenters. The molecule has 1 fully saturated rings. The summed E-state index contributed by atoms with van der Waals surface area (Å²) < 4.78 is 33.7. The van der Waals surface area contributed by atoms with Gasteiger partial charge in [-0.15, -0.1) is 0 Å². The van der Waals surface area contributed by atoms with Crippen molar-refractivity contribution in [2.24, 2.45) is 11.7 Å². The van der Waals surface area contributed by atoms with Crippen LogP contribution in [0.25, 0.3) is 10.9 Å². The Morgan fingerprint density at radius 3 is 2.66 bits per heavy atom. The number of esters is 1. The first-order valence-corrected chi connectivity index (χ1v) is 13.8. The van der Waals surface area contributed by atoms with Crippen LogP contribution in [-0.2, 0) is 26.0 Å². The van der Waals surface area contributed by atoms with Gasteiger partial charge in [-0.3, -0.25) is 10.2 Å². The first-order valence-electron chi connectivity index (χ1n) is 12.3. The number of aromatic amines is 1. The van der Waals surface area contributed by atoms with Crippen LogP contribution in [0, 0.1) is 11.3 Å². The Hall–Kier alpha value is -3.90. The molecule has 12 heteroatoms. The quantitative estimate of drug-likeness (QED) is 0.156. The van der Waals surface area contributed by atoms with Crippen molar-refractivity contribution in [3.8, 4) is 0 Å². The minimum atomic E-state index is -4.10. The standard InChI is InChI=1S/C26H32N6O5S/c1-37-25(34)18-8-10-20(11-9-18)38(35,36)31-23(13-19-15-29-22-7-3-2-6-21(19)22)24(33)30-14-17-5-4-12-32(16-17)26(27)28/h2-3,6-11,15,17,23,29,31H,4-5,12-14,16H2,1H3,(H3,27,28)(H,30,33)/t17-,23?/m1/s1. The van der Waals surface area contributed by atoms with Gasteiger partial charge < -0.3 is 25.7 Å². The molecule has 1 aliphatic heterocycles. The molecule has 1 unspecified atom stereocenters. The molecule has 0 saturated carbocycles. The molecule has 1 saturated heterocycles. The maximum absolute atomic E-state index is 13.4. The van der Waals surface area contributed by atoms with Gasteiger partial charge in [-0.05, 0) is 61.1 Å². The summed E-state index contributed by atoms with van der Waals surface area (Å²) in [5.74, 6) is -0.938. The number of benzene rings is 2. The number of carbonyl (C=O) groups is 2. The minimum Gasteiger partial charge on any atom is -0.465 e. The number of amides is 1. The van der Waals surface area contributed by atoms with Crippen LogP contribution in [0.1, 0.15) is 28.8 Å². The van der Waals surface area contributed by atoms with Gasteiger partial charge in [0.25, 0.3) is 0 Å². The molecule has 2 aromatic carbocycles. The molecule has 0 spiro atoms. The highest BCUT2D eigenvalue weighted by Gasteiger charge is 2.28. The highest BCUT2D eigenvalue weighted by Crippen LogP contribution is 2.21. The van der Waals surface area contributed by atoms with E-state index in [1.807, 2.05) is 24.3 Å². The average molecular weight is 541 g/mol. The van der Waals surface area contributed by atoms with Crippen LogP contribution in [0.4, 0.5) is 0 Å². The highest BCUT2D eigenvalue weighted by molar-refractivity contribution is 7.89. The first kappa shape index (κ1) is 27.1. The van der Waals surface area contributed by atoms with Gasteiger partial charge in [0.2, 0.25) is 15.9 Å². The third-order valence-electron chi connectivity index (χ3n) is 6.72. The number of hydrogen-bond acceptors (Lipinski definition) is 6. The molecule has 1 aromatic heterocycles. The van der Waals surface area contributed by atoms with E-state index in [1.54, 1.807) is 11.1 Å². The van der Waals surface area contributed by atoms with Crippen molar-refractivity contribution in [2.45, 2.75) is 30.2 Å². The Morgan fingerprint density at radius 1 is 1.21 bits per heavy atom. The number of ether oxygens (including phenoxy) is 1. The summed E-state index contributed by atoms with van der Waals surface area (Å²) in [4.78, 5) is 29.9. The number of piperidine rings is 1. The van der Waals surface area contributed by atoms with E-state index in [1.165, 1.54) is 31.4 Å². The van der Waals surface area contributed by atoms with Crippen LogP contribution in [0.2, 0.25) is 0 Å². The van der Waals surface area contributed by atoms with E-state index in [9.17, 15) is 18.0 Å². The maximum Gasteiger partial charge on any atom is 0.337 e. The van der Waals surface area contributed by atoms with Gasteiger partial charge in [-0.1, -0.05) is 18.2 Å². The lowest BCUT2D eigenvalue weighted by atomic mass is 9.98. The largest absolute Gasteiger partial charge is 0.465 e. The number of rotatable bonds is 9. The van der Waals surface area contributed by atoms with Gasteiger partial charge in [0, 0.05) is 36.7 Å². The van der Waals surface area contributed by atoms with E-state index in [0.29, 0.717) is 19.6 Å². The molecule has 38 heavy (non-hydrogen) atoms. The summed E-state index contributed by atoms with van der Waals surface area (Å²) in [6.45, 7) is 1.60. The number of H-pyrrole nitrogens is 1. The molecule has 3 aromatic rings. The maximum atomic E-state index is 13.4. The van der Waals surface area contributed by atoms with E-state index in [-0.39, 0.29) is 28.8 Å². The second kappa shape index (κ2) is 11.7. The van der Waals surface area contributed by atoms with Crippen LogP contribution in [0.15, 0.2) is 59.6 Å². The van der Waals surface area contributed by atoms with Crippen molar-refractivity contribution in [1.29, 1.82) is 5.41 Å². The number of methoxy groups -OCH3 is 1. The third kappa shape index (κ3) is 6.32. The predicted molar refractivity (Wildman–Crippen MR) is 143 cm³/mol. The zero-order chi connectivity index (χ0) is 27.3. The van der Waals surface area contributed by atoms with Gasteiger partial charge in [0.15, 0.2) is 5.96 Å². The molecule has 202 valence electrons. The zero-order valence-electron chi connectivity index (χ0n) is 21.1. The second-order valence-corrected chi connectivity index (χ2v) is 11.1. The number of likely N-dealkylation sites (tertiary alicyclic amines) is 1. The zero-order valence-corrected chi connectivity index (χ0v) is 21.9. The number of sulfonamides is 1. The van der Waals surface area contributed by atoms with E-state index < -0.39 is 27.9 Å². The number of fused-ring (bicyclic) bond motifs is 1. The van der Waals surface area contributed by atoms with Gasteiger partial charge in [0.05, 0.1) is 17.6 Å². The normalized spacial score (nSPS) is 16.7. The Bertz CT molecular complexity index is 1420. The van der Waals surface area contributed by atoms with Gasteiger partial charge >= 0.3 is 5.97 Å². The molecule has 0 aliphatic carbocycles. The highest BCUT2D eigenvalue weighted by atomic mass is 32.2. The number of nitrogens with zero attached hydrogens (tertiary/aromatic N) is 1. The summed E-state index contributed by atoms with van der Waals surface area (Å²) in [7, 11) is -2.86. The summed E-state index contributed by atoms with van der Waals surface area (Å²) >= 11 is 0. The smallest absolute Gasteiger partial charge is 0.337 e. The number of guanidine groups is 1. The Morgan fingerprint density at radius 2 is 1.95 bits per heavy atom. The number of nitrogens with one attached hydrogen (secondary N) is 4. The molecule has 0 bridgehead atoms. The van der Waals surface area contributed by atoms with Crippen LogP contribution >= 0.6 is 0 Å². The van der Waals surface area contributed by atoms with Crippen molar-refractivity contribution in [3.63, 3.8) is 0 Å². The monoisotopic (exact) mass is 540 g/mol. The summed E-state index contributed by atoms with van der Waals surface area (Å²) in [6, 6.07) is 11.8. The topological polar surface area (TPSA) is 170 Å². The van der Waals surface area contributed by atoms with Crippen LogP contribution in [0.3, 0.4) is 0 Å².